The van der Waals surface area contributed by atoms with Crippen LogP contribution in [0.4, 0.5) is 5.95 Å². The summed E-state index contributed by atoms with van der Waals surface area (Å²) in [7, 11) is 0. The van der Waals surface area contributed by atoms with Crippen molar-refractivity contribution in [2.24, 2.45) is 0 Å². The SMILES string of the molecule is CC(=O)N1CCC(c2nc(N3CCCC3)ncc2-c2cc(C)no2)CC1. The van der Waals surface area contributed by atoms with Gasteiger partial charge in [0.25, 0.3) is 0 Å². The molecule has 4 heterocycles. The summed E-state index contributed by atoms with van der Waals surface area (Å²) in [6.45, 7) is 7.14. The number of hydrogen-bond donors (Lipinski definition) is 0. The lowest BCUT2D eigenvalue weighted by atomic mass is 9.90. The maximum atomic E-state index is 11.6. The van der Waals surface area contributed by atoms with E-state index in [-0.39, 0.29) is 5.91 Å². The molecular weight excluding hydrogens is 330 g/mol. The minimum Gasteiger partial charge on any atom is -0.356 e. The number of amides is 1. The van der Waals surface area contributed by atoms with E-state index in [9.17, 15) is 4.79 Å². The number of piperidine rings is 1. The van der Waals surface area contributed by atoms with Gasteiger partial charge < -0.3 is 14.3 Å². The van der Waals surface area contributed by atoms with Gasteiger partial charge in [0.2, 0.25) is 11.9 Å². The van der Waals surface area contributed by atoms with Crippen molar-refractivity contribution in [1.82, 2.24) is 20.0 Å². The van der Waals surface area contributed by atoms with Gasteiger partial charge >= 0.3 is 0 Å². The highest BCUT2D eigenvalue weighted by atomic mass is 16.5. The predicted octanol–water partition coefficient (Wildman–Crippen LogP) is 2.77. The minimum absolute atomic E-state index is 0.148. The van der Waals surface area contributed by atoms with Crippen LogP contribution < -0.4 is 4.90 Å². The normalized spacial score (nSPS) is 18.5. The van der Waals surface area contributed by atoms with Gasteiger partial charge in [-0.15, -0.1) is 0 Å². The average Bonchev–Trinajstić information content (AvgIpc) is 3.33. The second-order valence-electron chi connectivity index (χ2n) is 7.28. The van der Waals surface area contributed by atoms with Crippen molar-refractivity contribution < 1.29 is 9.32 Å². The number of carbonyl (C=O) groups is 1. The third-order valence-corrected chi connectivity index (χ3v) is 5.41. The number of anilines is 1. The number of rotatable bonds is 3. The summed E-state index contributed by atoms with van der Waals surface area (Å²) in [5.41, 5.74) is 2.80. The molecule has 1 amide bonds. The lowest BCUT2D eigenvalue weighted by molar-refractivity contribution is -0.129. The summed E-state index contributed by atoms with van der Waals surface area (Å²) in [5.74, 6) is 1.98. The molecule has 2 aliphatic heterocycles. The molecule has 2 saturated heterocycles. The molecule has 0 atom stereocenters. The molecule has 7 nitrogen and oxygen atoms in total. The van der Waals surface area contributed by atoms with E-state index in [1.807, 2.05) is 24.1 Å². The first-order chi connectivity index (χ1) is 12.6. The van der Waals surface area contributed by atoms with Gasteiger partial charge in [0.15, 0.2) is 5.76 Å². The largest absolute Gasteiger partial charge is 0.356 e. The van der Waals surface area contributed by atoms with Crippen LogP contribution in [0.3, 0.4) is 0 Å². The summed E-state index contributed by atoms with van der Waals surface area (Å²) in [4.78, 5) is 25.4. The Bertz CT molecular complexity index is 789. The third kappa shape index (κ3) is 3.30. The quantitative estimate of drug-likeness (QED) is 0.843. The second-order valence-corrected chi connectivity index (χ2v) is 7.28. The van der Waals surface area contributed by atoms with Gasteiger partial charge in [-0.3, -0.25) is 4.79 Å². The van der Waals surface area contributed by atoms with Gasteiger partial charge in [-0.2, -0.15) is 0 Å². The molecule has 2 aliphatic rings. The molecule has 0 saturated carbocycles. The fourth-order valence-corrected chi connectivity index (χ4v) is 3.91. The van der Waals surface area contributed by atoms with Crippen molar-refractivity contribution in [2.45, 2.75) is 45.4 Å². The Labute approximate surface area is 153 Å². The van der Waals surface area contributed by atoms with Gasteiger partial charge in [0.05, 0.1) is 17.0 Å². The Morgan fingerprint density at radius 3 is 2.54 bits per heavy atom. The molecule has 0 spiro atoms. The molecule has 2 aromatic rings. The minimum atomic E-state index is 0.148. The number of aryl methyl sites for hydroxylation is 1. The molecule has 7 heteroatoms. The molecule has 0 N–H and O–H groups in total. The van der Waals surface area contributed by atoms with E-state index in [1.54, 1.807) is 6.92 Å². The molecule has 0 bridgehead atoms. The van der Waals surface area contributed by atoms with Crippen LogP contribution in [0.25, 0.3) is 11.3 Å². The number of likely N-dealkylation sites (tertiary alicyclic amines) is 1. The molecule has 26 heavy (non-hydrogen) atoms. The highest BCUT2D eigenvalue weighted by Crippen LogP contribution is 2.35. The van der Waals surface area contributed by atoms with Gasteiger partial charge in [-0.25, -0.2) is 9.97 Å². The van der Waals surface area contributed by atoms with E-state index in [0.717, 1.165) is 67.7 Å². The highest BCUT2D eigenvalue weighted by Gasteiger charge is 2.28. The first kappa shape index (κ1) is 17.0. The highest BCUT2D eigenvalue weighted by molar-refractivity contribution is 5.73. The number of aromatic nitrogens is 3. The average molecular weight is 355 g/mol. The van der Waals surface area contributed by atoms with Crippen molar-refractivity contribution in [3.8, 4) is 11.3 Å². The monoisotopic (exact) mass is 355 g/mol. The van der Waals surface area contributed by atoms with Crippen LogP contribution >= 0.6 is 0 Å². The number of hydrogen-bond acceptors (Lipinski definition) is 6. The summed E-state index contributed by atoms with van der Waals surface area (Å²) in [6.07, 6.45) is 6.09. The second kappa shape index (κ2) is 7.05. The standard InChI is InChI=1S/C19H25N5O2/c1-13-11-17(26-22-13)16-12-20-19(24-7-3-4-8-24)21-18(16)15-5-9-23(10-6-15)14(2)25/h11-12,15H,3-10H2,1-2H3. The van der Waals surface area contributed by atoms with Gasteiger partial charge in [-0.05, 0) is 32.6 Å². The molecular formula is C19H25N5O2. The van der Waals surface area contributed by atoms with E-state index >= 15 is 0 Å². The summed E-state index contributed by atoms with van der Waals surface area (Å²) in [5, 5.41) is 4.02. The lowest BCUT2D eigenvalue weighted by Crippen LogP contribution is -2.36. The Kier molecular flexibility index (Phi) is 4.61. The van der Waals surface area contributed by atoms with Crippen molar-refractivity contribution in [1.29, 1.82) is 0 Å². The number of carbonyl (C=O) groups excluding carboxylic acids is 1. The van der Waals surface area contributed by atoms with Crippen LogP contribution in [0.1, 0.15) is 49.9 Å². The lowest BCUT2D eigenvalue weighted by Gasteiger charge is -2.32. The zero-order valence-corrected chi connectivity index (χ0v) is 15.4. The number of nitrogens with zero attached hydrogens (tertiary/aromatic N) is 5. The van der Waals surface area contributed by atoms with Crippen molar-refractivity contribution in [3.63, 3.8) is 0 Å². The first-order valence-corrected chi connectivity index (χ1v) is 9.43. The molecule has 0 unspecified atom stereocenters. The zero-order valence-electron chi connectivity index (χ0n) is 15.4. The Balaban J connectivity index is 1.67. The van der Waals surface area contributed by atoms with Crippen LogP contribution in [0.15, 0.2) is 16.8 Å². The Hall–Kier alpha value is -2.44. The maximum Gasteiger partial charge on any atom is 0.225 e. The molecule has 2 fully saturated rings. The predicted molar refractivity (Wildman–Crippen MR) is 97.9 cm³/mol. The van der Waals surface area contributed by atoms with E-state index in [4.69, 9.17) is 9.51 Å². The van der Waals surface area contributed by atoms with E-state index < -0.39 is 0 Å². The zero-order chi connectivity index (χ0) is 18.1. The summed E-state index contributed by atoms with van der Waals surface area (Å²) >= 11 is 0. The molecule has 138 valence electrons. The van der Waals surface area contributed by atoms with Crippen molar-refractivity contribution >= 4 is 11.9 Å². The van der Waals surface area contributed by atoms with E-state index in [1.165, 1.54) is 12.8 Å². The van der Waals surface area contributed by atoms with Crippen LogP contribution in [-0.2, 0) is 4.79 Å². The summed E-state index contributed by atoms with van der Waals surface area (Å²) < 4.78 is 5.50. The van der Waals surface area contributed by atoms with Crippen molar-refractivity contribution in [3.05, 3.63) is 23.7 Å². The molecule has 0 radical (unpaired) electrons. The maximum absolute atomic E-state index is 11.6. The third-order valence-electron chi connectivity index (χ3n) is 5.41. The topological polar surface area (TPSA) is 75.4 Å². The Morgan fingerprint density at radius 1 is 1.19 bits per heavy atom. The fourth-order valence-electron chi connectivity index (χ4n) is 3.91. The van der Waals surface area contributed by atoms with Crippen LogP contribution in [-0.4, -0.2) is 52.1 Å². The van der Waals surface area contributed by atoms with E-state index in [2.05, 4.69) is 15.0 Å². The smallest absolute Gasteiger partial charge is 0.225 e. The van der Waals surface area contributed by atoms with Crippen LogP contribution in [0.2, 0.25) is 0 Å². The van der Waals surface area contributed by atoms with Crippen molar-refractivity contribution in [2.75, 3.05) is 31.1 Å². The van der Waals surface area contributed by atoms with Gasteiger partial charge in [-0.1, -0.05) is 5.16 Å². The van der Waals surface area contributed by atoms with Crippen LogP contribution in [0, 0.1) is 6.92 Å². The molecule has 0 aromatic carbocycles. The summed E-state index contributed by atoms with van der Waals surface area (Å²) in [6, 6.07) is 1.93. The molecule has 4 rings (SSSR count). The van der Waals surface area contributed by atoms with Gasteiger partial charge in [0.1, 0.15) is 0 Å². The first-order valence-electron chi connectivity index (χ1n) is 9.43. The molecule has 2 aromatic heterocycles. The Morgan fingerprint density at radius 2 is 1.92 bits per heavy atom. The molecule has 0 aliphatic carbocycles. The fraction of sp³-hybridized carbons (Fsp3) is 0.579. The van der Waals surface area contributed by atoms with Crippen LogP contribution in [0.5, 0.6) is 0 Å². The van der Waals surface area contributed by atoms with E-state index in [0.29, 0.717) is 5.92 Å². The van der Waals surface area contributed by atoms with Gasteiger partial charge in [0, 0.05) is 51.3 Å².